The number of aliphatic hydroxyl groups excluding tert-OH is 1. The molecule has 0 aliphatic rings. The van der Waals surface area contributed by atoms with Gasteiger partial charge in [-0.25, -0.2) is 4.57 Å². The van der Waals surface area contributed by atoms with Gasteiger partial charge in [0.25, 0.3) is 0 Å². The van der Waals surface area contributed by atoms with Gasteiger partial charge in [0.05, 0.1) is 39.9 Å². The molecule has 9 heteroatoms. The first-order valence-electron chi connectivity index (χ1n) is 22.9. The number of hydrogen-bond donors (Lipinski definition) is 3. The number of phosphoric acid groups is 1. The van der Waals surface area contributed by atoms with Crippen molar-refractivity contribution in [2.24, 2.45) is 0 Å². The van der Waals surface area contributed by atoms with Crippen LogP contribution in [-0.2, 0) is 18.4 Å². The van der Waals surface area contributed by atoms with E-state index in [0.29, 0.717) is 23.9 Å². The predicted molar refractivity (Wildman–Crippen MR) is 258 cm³/mol. The number of carbonyl (C=O) groups excluding carboxylic acids is 1. The number of hydrogen-bond acceptors (Lipinski definition) is 5. The van der Waals surface area contributed by atoms with E-state index in [1.54, 1.807) is 6.08 Å². The lowest BCUT2D eigenvalue weighted by Gasteiger charge is -2.25. The molecule has 0 aromatic rings. The highest BCUT2D eigenvalue weighted by molar-refractivity contribution is 7.47. The van der Waals surface area contributed by atoms with Crippen molar-refractivity contribution in [3.63, 3.8) is 0 Å². The summed E-state index contributed by atoms with van der Waals surface area (Å²) in [6.45, 7) is 4.57. The van der Waals surface area contributed by atoms with E-state index in [4.69, 9.17) is 9.05 Å². The number of phosphoric ester groups is 1. The van der Waals surface area contributed by atoms with Gasteiger partial charge in [-0.05, 0) is 103 Å². The molecule has 0 fully saturated rings. The third-order valence-corrected chi connectivity index (χ3v) is 10.1. The third kappa shape index (κ3) is 43.0. The Balaban J connectivity index is 4.51. The van der Waals surface area contributed by atoms with Crippen molar-refractivity contribution in [1.82, 2.24) is 5.32 Å². The number of nitrogens with one attached hydrogen (secondary N) is 1. The van der Waals surface area contributed by atoms with Crippen LogP contribution in [0, 0.1) is 0 Å². The molecule has 3 N–H and O–H groups in total. The Morgan fingerprint density at radius 1 is 0.583 bits per heavy atom. The van der Waals surface area contributed by atoms with Crippen LogP contribution < -0.4 is 5.32 Å². The summed E-state index contributed by atoms with van der Waals surface area (Å²) in [5.74, 6) is -0.231. The molecule has 340 valence electrons. The van der Waals surface area contributed by atoms with Gasteiger partial charge in [-0.2, -0.15) is 0 Å². The number of carbonyl (C=O) groups is 1. The zero-order valence-corrected chi connectivity index (χ0v) is 39.3. The molecule has 3 atom stereocenters. The number of likely N-dealkylation sites (N-methyl/N-ethyl adjacent to an activating group) is 1. The Bertz CT molecular complexity index is 1380. The van der Waals surface area contributed by atoms with Crippen LogP contribution in [0.2, 0.25) is 0 Å². The van der Waals surface area contributed by atoms with Gasteiger partial charge < -0.3 is 19.8 Å². The topological polar surface area (TPSA) is 105 Å². The van der Waals surface area contributed by atoms with Crippen LogP contribution in [0.25, 0.3) is 0 Å². The summed E-state index contributed by atoms with van der Waals surface area (Å²) in [7, 11) is 1.50. The molecular weight excluding hydrogens is 768 g/mol. The maximum absolute atomic E-state index is 12.9. The average molecular weight is 854 g/mol. The van der Waals surface area contributed by atoms with Crippen molar-refractivity contribution in [2.45, 2.75) is 154 Å². The minimum Gasteiger partial charge on any atom is -0.387 e. The Morgan fingerprint density at radius 3 is 1.50 bits per heavy atom. The van der Waals surface area contributed by atoms with Gasteiger partial charge in [-0.15, -0.1) is 0 Å². The Morgan fingerprint density at radius 2 is 1.02 bits per heavy atom. The van der Waals surface area contributed by atoms with Crippen LogP contribution in [-0.4, -0.2) is 73.4 Å². The number of rotatable bonds is 39. The summed E-state index contributed by atoms with van der Waals surface area (Å²) in [6, 6.07) is -0.896. The molecule has 0 aliphatic heterocycles. The molecule has 0 saturated carbocycles. The second-order valence-electron chi connectivity index (χ2n) is 16.0. The van der Waals surface area contributed by atoms with E-state index >= 15 is 0 Å². The predicted octanol–water partition coefficient (Wildman–Crippen LogP) is 13.1. The Kier molecular flexibility index (Phi) is 39.1. The lowest BCUT2D eigenvalue weighted by atomic mass is 10.1. The summed E-state index contributed by atoms with van der Waals surface area (Å²) in [5, 5.41) is 13.8. The second-order valence-corrected chi connectivity index (χ2v) is 17.5. The fraction of sp³-hybridized carbons (Fsp3) is 0.588. The monoisotopic (exact) mass is 854 g/mol. The highest BCUT2D eigenvalue weighted by Crippen LogP contribution is 2.43. The van der Waals surface area contributed by atoms with Crippen LogP contribution in [0.5, 0.6) is 0 Å². The summed E-state index contributed by atoms with van der Waals surface area (Å²) >= 11 is 0. The molecule has 8 nitrogen and oxygen atoms in total. The van der Waals surface area contributed by atoms with E-state index in [2.05, 4.69) is 129 Å². The molecule has 0 radical (unpaired) electrons. The van der Waals surface area contributed by atoms with Crippen molar-refractivity contribution < 1.29 is 32.9 Å². The first-order valence-corrected chi connectivity index (χ1v) is 24.4. The molecule has 0 bridgehead atoms. The number of nitrogens with zero attached hydrogens (tertiary/aromatic N) is 1. The highest BCUT2D eigenvalue weighted by Gasteiger charge is 2.27. The molecule has 60 heavy (non-hydrogen) atoms. The van der Waals surface area contributed by atoms with Gasteiger partial charge >= 0.3 is 7.82 Å². The van der Waals surface area contributed by atoms with E-state index in [1.165, 1.54) is 19.3 Å². The standard InChI is InChI=1S/C51H85N2O6P/c1-6-8-10-12-14-16-18-20-21-22-23-24-25-26-27-28-29-30-31-33-35-37-39-41-43-45-51(55)52-49(48-59-60(56,57)58-47-46-53(3,4)5)50(54)44-42-40-38-36-34-32-19-17-15-13-11-9-7-2/h8,10,14-17,20-21,23-24,26-27,29-30,33-36,42,44,49-50,54H,6-7,9,11-13,18-19,22,25,28,31-32,37-41,43,45-48H2,1-5H3,(H-,52,55,56,57)/p+1/b10-8-,16-14-,17-15+,21-20-,24-23-,27-26-,30-29-,35-33-,36-34+,44-42+. The summed E-state index contributed by atoms with van der Waals surface area (Å²) < 4.78 is 23.5. The molecular formula is C51H86N2O6P+. The second kappa shape index (κ2) is 41.3. The molecule has 0 spiro atoms. The molecule has 0 saturated heterocycles. The van der Waals surface area contributed by atoms with Crippen molar-refractivity contribution >= 4 is 13.7 Å². The zero-order valence-electron chi connectivity index (χ0n) is 38.4. The minimum absolute atomic E-state index is 0.0389. The summed E-state index contributed by atoms with van der Waals surface area (Å²) in [4.78, 5) is 23.1. The van der Waals surface area contributed by atoms with Gasteiger partial charge in [0.15, 0.2) is 0 Å². The normalized spacial score (nSPS) is 15.4. The minimum atomic E-state index is -4.37. The number of unbranched alkanes of at least 4 members (excludes halogenated alkanes) is 8. The number of quaternary nitrogens is 1. The van der Waals surface area contributed by atoms with Crippen LogP contribution in [0.1, 0.15) is 142 Å². The molecule has 1 amide bonds. The lowest BCUT2D eigenvalue weighted by Crippen LogP contribution is -2.45. The van der Waals surface area contributed by atoms with Gasteiger partial charge in [0.2, 0.25) is 5.91 Å². The fourth-order valence-corrected chi connectivity index (χ4v) is 6.26. The van der Waals surface area contributed by atoms with Crippen LogP contribution in [0.4, 0.5) is 0 Å². The largest absolute Gasteiger partial charge is 0.472 e. The molecule has 0 aromatic carbocycles. The van der Waals surface area contributed by atoms with Crippen LogP contribution >= 0.6 is 7.82 Å². The van der Waals surface area contributed by atoms with Crippen LogP contribution in [0.15, 0.2) is 122 Å². The van der Waals surface area contributed by atoms with Gasteiger partial charge in [-0.3, -0.25) is 13.8 Å². The zero-order chi connectivity index (χ0) is 44.3. The third-order valence-electron chi connectivity index (χ3n) is 9.14. The number of amides is 1. The Labute approximate surface area is 367 Å². The van der Waals surface area contributed by atoms with Gasteiger partial charge in [0, 0.05) is 6.42 Å². The fourth-order valence-electron chi connectivity index (χ4n) is 5.52. The average Bonchev–Trinajstić information content (AvgIpc) is 3.20. The lowest BCUT2D eigenvalue weighted by molar-refractivity contribution is -0.870. The van der Waals surface area contributed by atoms with Gasteiger partial charge in [0.1, 0.15) is 13.2 Å². The quantitative estimate of drug-likeness (QED) is 0.0246. The van der Waals surface area contributed by atoms with Crippen LogP contribution in [0.3, 0.4) is 0 Å². The van der Waals surface area contributed by atoms with E-state index in [0.717, 1.165) is 96.3 Å². The summed E-state index contributed by atoms with van der Waals surface area (Å²) in [5.41, 5.74) is 0. The summed E-state index contributed by atoms with van der Waals surface area (Å²) in [6.07, 6.45) is 61.3. The molecule has 0 rings (SSSR count). The van der Waals surface area contributed by atoms with E-state index in [1.807, 2.05) is 27.2 Å². The maximum Gasteiger partial charge on any atom is 0.472 e. The van der Waals surface area contributed by atoms with E-state index in [9.17, 15) is 19.4 Å². The smallest absolute Gasteiger partial charge is 0.387 e. The van der Waals surface area contributed by atoms with E-state index in [-0.39, 0.29) is 19.1 Å². The highest BCUT2D eigenvalue weighted by atomic mass is 31.2. The first kappa shape index (κ1) is 56.9. The molecule has 0 heterocycles. The first-order chi connectivity index (χ1) is 29.0. The SMILES string of the molecule is CC/C=C\C/C=C\C/C=C\C/C=C\C/C=C\C/C=C\C/C=C\CCCCCC(=O)NC(COP(=O)(O)OCC[N+](C)(C)C)C(O)/C=C/CC/C=C/CC/C=C/CCCCC. The van der Waals surface area contributed by atoms with Gasteiger partial charge in [-0.1, -0.05) is 155 Å². The molecule has 0 aromatic heterocycles. The maximum atomic E-state index is 12.9. The number of aliphatic hydroxyl groups is 1. The van der Waals surface area contributed by atoms with E-state index < -0.39 is 20.0 Å². The van der Waals surface area contributed by atoms with Crippen molar-refractivity contribution in [1.29, 1.82) is 0 Å². The van der Waals surface area contributed by atoms with Crippen molar-refractivity contribution in [3.05, 3.63) is 122 Å². The van der Waals surface area contributed by atoms with Crippen molar-refractivity contribution in [2.75, 3.05) is 40.9 Å². The Hall–Kier alpha value is -3.10. The number of allylic oxidation sites excluding steroid dienone is 19. The van der Waals surface area contributed by atoms with Crippen molar-refractivity contribution in [3.8, 4) is 0 Å². The molecule has 3 unspecified atom stereocenters. The molecule has 0 aliphatic carbocycles.